The minimum absolute atomic E-state index is 0.0376. The van der Waals surface area contributed by atoms with E-state index in [1.165, 1.54) is 6.07 Å². The Morgan fingerprint density at radius 1 is 1.22 bits per heavy atom. The van der Waals surface area contributed by atoms with E-state index in [0.717, 1.165) is 5.69 Å². The van der Waals surface area contributed by atoms with Gasteiger partial charge in [0.05, 0.1) is 17.9 Å². The molecule has 1 unspecified atom stereocenters. The third-order valence-electron chi connectivity index (χ3n) is 4.49. The zero-order chi connectivity index (χ0) is 18.8. The lowest BCUT2D eigenvalue weighted by molar-refractivity contribution is -0.117. The van der Waals surface area contributed by atoms with E-state index in [1.807, 2.05) is 31.2 Å². The molecule has 1 saturated heterocycles. The van der Waals surface area contributed by atoms with Gasteiger partial charge in [-0.2, -0.15) is 4.98 Å². The van der Waals surface area contributed by atoms with Gasteiger partial charge in [0.1, 0.15) is 11.6 Å². The van der Waals surface area contributed by atoms with Gasteiger partial charge in [-0.3, -0.25) is 4.79 Å². The van der Waals surface area contributed by atoms with Crippen LogP contribution in [0.15, 0.2) is 53.1 Å². The van der Waals surface area contributed by atoms with Gasteiger partial charge in [0.25, 0.3) is 5.89 Å². The van der Waals surface area contributed by atoms with E-state index in [4.69, 9.17) is 9.26 Å². The van der Waals surface area contributed by atoms with Crippen LogP contribution in [0.2, 0.25) is 0 Å². The van der Waals surface area contributed by atoms with E-state index >= 15 is 0 Å². The summed E-state index contributed by atoms with van der Waals surface area (Å²) in [6.07, 6.45) is 0.261. The summed E-state index contributed by atoms with van der Waals surface area (Å²) < 4.78 is 24.8. The predicted octanol–water partition coefficient (Wildman–Crippen LogP) is 3.79. The lowest BCUT2D eigenvalue weighted by Crippen LogP contribution is -2.25. The van der Waals surface area contributed by atoms with Gasteiger partial charge in [-0.1, -0.05) is 29.4 Å². The van der Waals surface area contributed by atoms with Gasteiger partial charge in [0, 0.05) is 18.9 Å². The molecule has 0 N–H and O–H groups in total. The van der Waals surface area contributed by atoms with Crippen molar-refractivity contribution in [2.75, 3.05) is 18.1 Å². The lowest BCUT2D eigenvalue weighted by Gasteiger charge is -2.19. The zero-order valence-corrected chi connectivity index (χ0v) is 14.8. The smallest absolute Gasteiger partial charge is 0.260 e. The molecule has 2 aromatic carbocycles. The summed E-state index contributed by atoms with van der Waals surface area (Å²) in [4.78, 5) is 18.6. The van der Waals surface area contributed by atoms with Crippen molar-refractivity contribution < 1.29 is 18.4 Å². The molecule has 0 aliphatic carbocycles. The number of hydrogen-bond acceptors (Lipinski definition) is 5. The maximum atomic E-state index is 13.9. The molecule has 0 bridgehead atoms. The average molecular weight is 367 g/mol. The summed E-state index contributed by atoms with van der Waals surface area (Å²) in [6, 6.07) is 13.6. The SMILES string of the molecule is CCOc1ccccc1N1CC(c2noc(-c3ccccc3F)n2)CC1=O. The highest BCUT2D eigenvalue weighted by atomic mass is 19.1. The van der Waals surface area contributed by atoms with E-state index < -0.39 is 5.82 Å². The molecule has 6 nitrogen and oxygen atoms in total. The van der Waals surface area contributed by atoms with Crippen molar-refractivity contribution in [2.45, 2.75) is 19.3 Å². The number of halogens is 1. The van der Waals surface area contributed by atoms with Gasteiger partial charge < -0.3 is 14.2 Å². The molecule has 4 rings (SSSR count). The van der Waals surface area contributed by atoms with Crippen LogP contribution < -0.4 is 9.64 Å². The molecule has 27 heavy (non-hydrogen) atoms. The molecule has 1 fully saturated rings. The van der Waals surface area contributed by atoms with Crippen molar-refractivity contribution in [1.82, 2.24) is 10.1 Å². The fourth-order valence-corrected chi connectivity index (χ4v) is 3.22. The number of aromatic nitrogens is 2. The molecule has 1 atom stereocenters. The molecule has 0 radical (unpaired) electrons. The van der Waals surface area contributed by atoms with E-state index in [2.05, 4.69) is 10.1 Å². The number of rotatable bonds is 5. The normalized spacial score (nSPS) is 16.7. The molecular formula is C20H18FN3O3. The van der Waals surface area contributed by atoms with Crippen LogP contribution in [0.25, 0.3) is 11.5 Å². The quantitative estimate of drug-likeness (QED) is 0.686. The maximum absolute atomic E-state index is 13.9. The molecule has 7 heteroatoms. The minimum atomic E-state index is -0.428. The number of benzene rings is 2. The van der Waals surface area contributed by atoms with Crippen molar-refractivity contribution in [3.05, 3.63) is 60.2 Å². The molecule has 0 saturated carbocycles. The summed E-state index contributed by atoms with van der Waals surface area (Å²) in [5.41, 5.74) is 0.976. The van der Waals surface area contributed by atoms with Gasteiger partial charge >= 0.3 is 0 Å². The van der Waals surface area contributed by atoms with Crippen LogP contribution >= 0.6 is 0 Å². The number of carbonyl (C=O) groups excluding carboxylic acids is 1. The first-order valence-electron chi connectivity index (χ1n) is 8.78. The van der Waals surface area contributed by atoms with Crippen LogP contribution in [0, 0.1) is 5.82 Å². The van der Waals surface area contributed by atoms with Gasteiger partial charge in [0.15, 0.2) is 5.82 Å². The Balaban J connectivity index is 1.58. The fraction of sp³-hybridized carbons (Fsp3) is 0.250. The lowest BCUT2D eigenvalue weighted by atomic mass is 10.1. The van der Waals surface area contributed by atoms with Crippen molar-refractivity contribution in [2.24, 2.45) is 0 Å². The Bertz CT molecular complexity index is 972. The van der Waals surface area contributed by atoms with Gasteiger partial charge in [-0.05, 0) is 31.2 Å². The van der Waals surface area contributed by atoms with Gasteiger partial charge in [0.2, 0.25) is 5.91 Å². The monoisotopic (exact) mass is 367 g/mol. The average Bonchev–Trinajstić information content (AvgIpc) is 3.30. The molecule has 138 valence electrons. The third-order valence-corrected chi connectivity index (χ3v) is 4.49. The highest BCUT2D eigenvalue weighted by molar-refractivity contribution is 5.97. The number of hydrogen-bond donors (Lipinski definition) is 0. The third kappa shape index (κ3) is 3.28. The van der Waals surface area contributed by atoms with Crippen LogP contribution in [0.4, 0.5) is 10.1 Å². The Morgan fingerprint density at radius 3 is 2.81 bits per heavy atom. The van der Waals surface area contributed by atoms with E-state index in [9.17, 15) is 9.18 Å². The number of para-hydroxylation sites is 2. The summed E-state index contributed by atoms with van der Waals surface area (Å²) >= 11 is 0. The number of carbonyl (C=O) groups is 1. The summed E-state index contributed by atoms with van der Waals surface area (Å²) in [5.74, 6) is 0.485. The second kappa shape index (κ2) is 7.19. The Morgan fingerprint density at radius 2 is 2.00 bits per heavy atom. The number of anilines is 1. The molecule has 0 spiro atoms. The van der Waals surface area contributed by atoms with Crippen LogP contribution in [-0.4, -0.2) is 29.2 Å². The highest BCUT2D eigenvalue weighted by Crippen LogP contribution is 2.36. The highest BCUT2D eigenvalue weighted by Gasteiger charge is 2.36. The fourth-order valence-electron chi connectivity index (χ4n) is 3.22. The topological polar surface area (TPSA) is 68.5 Å². The maximum Gasteiger partial charge on any atom is 0.260 e. The van der Waals surface area contributed by atoms with Crippen molar-refractivity contribution in [3.63, 3.8) is 0 Å². The second-order valence-electron chi connectivity index (χ2n) is 6.24. The zero-order valence-electron chi connectivity index (χ0n) is 14.8. The van der Waals surface area contributed by atoms with Gasteiger partial charge in [-0.15, -0.1) is 0 Å². The number of nitrogens with zero attached hydrogens (tertiary/aromatic N) is 3. The van der Waals surface area contributed by atoms with Crippen LogP contribution in [-0.2, 0) is 4.79 Å². The molecule has 3 aromatic rings. The van der Waals surface area contributed by atoms with E-state index in [1.54, 1.807) is 23.1 Å². The van der Waals surface area contributed by atoms with Crippen molar-refractivity contribution >= 4 is 11.6 Å². The molecule has 1 aliphatic rings. The molecular weight excluding hydrogens is 349 g/mol. The first kappa shape index (κ1) is 17.2. The Hall–Kier alpha value is -3.22. The number of ether oxygens (including phenoxy) is 1. The largest absolute Gasteiger partial charge is 0.492 e. The first-order chi connectivity index (χ1) is 13.2. The van der Waals surface area contributed by atoms with Crippen LogP contribution in [0.3, 0.4) is 0 Å². The summed E-state index contributed by atoms with van der Waals surface area (Å²) in [6.45, 7) is 2.83. The van der Waals surface area contributed by atoms with Gasteiger partial charge in [-0.25, -0.2) is 4.39 Å². The Kier molecular flexibility index (Phi) is 4.58. The molecule has 2 heterocycles. The van der Waals surface area contributed by atoms with E-state index in [0.29, 0.717) is 24.7 Å². The van der Waals surface area contributed by atoms with Crippen molar-refractivity contribution in [1.29, 1.82) is 0 Å². The Labute approximate surface area is 155 Å². The second-order valence-corrected chi connectivity index (χ2v) is 6.24. The van der Waals surface area contributed by atoms with E-state index in [-0.39, 0.29) is 29.7 Å². The van der Waals surface area contributed by atoms with Crippen LogP contribution in [0.1, 0.15) is 25.1 Å². The predicted molar refractivity (Wildman–Crippen MR) is 97.0 cm³/mol. The molecule has 1 aromatic heterocycles. The van der Waals surface area contributed by atoms with Crippen LogP contribution in [0.5, 0.6) is 5.75 Å². The molecule has 1 aliphatic heterocycles. The standard InChI is InChI=1S/C20H18FN3O3/c1-2-26-17-10-6-5-9-16(17)24-12-13(11-18(24)25)19-22-20(27-23-19)14-7-3-4-8-15(14)21/h3-10,13H,2,11-12H2,1H3. The van der Waals surface area contributed by atoms with Crippen molar-refractivity contribution in [3.8, 4) is 17.2 Å². The first-order valence-corrected chi connectivity index (χ1v) is 8.78. The molecule has 1 amide bonds. The minimum Gasteiger partial charge on any atom is -0.492 e. The summed E-state index contributed by atoms with van der Waals surface area (Å²) in [7, 11) is 0. The number of amides is 1. The summed E-state index contributed by atoms with van der Waals surface area (Å²) in [5, 5.41) is 3.97.